The highest BCUT2D eigenvalue weighted by Gasteiger charge is 2.16. The molecule has 0 fully saturated rings. The van der Waals surface area contributed by atoms with E-state index in [1.807, 2.05) is 66.1 Å². The quantitative estimate of drug-likeness (QED) is 0.514. The summed E-state index contributed by atoms with van der Waals surface area (Å²) in [6.07, 6.45) is 1.46. The summed E-state index contributed by atoms with van der Waals surface area (Å²) in [6, 6.07) is 20.5. The summed E-state index contributed by atoms with van der Waals surface area (Å²) in [6.45, 7) is 3.13. The maximum absolute atomic E-state index is 12.8. The highest BCUT2D eigenvalue weighted by Crippen LogP contribution is 2.24. The Morgan fingerprint density at radius 2 is 1.79 bits per heavy atom. The van der Waals surface area contributed by atoms with Gasteiger partial charge in [0.2, 0.25) is 0 Å². The number of aromatic nitrogens is 1. The number of fused-ring (bicyclic) bond motifs is 1. The van der Waals surface area contributed by atoms with Crippen LogP contribution in [0.4, 0.5) is 5.69 Å². The fourth-order valence-electron chi connectivity index (χ4n) is 3.35. The Labute approximate surface area is 168 Å². The fraction of sp³-hybridized carbons (Fsp3) is 0.130. The van der Waals surface area contributed by atoms with Gasteiger partial charge >= 0.3 is 0 Å². The maximum atomic E-state index is 12.8. The molecule has 0 aliphatic rings. The van der Waals surface area contributed by atoms with Crippen molar-refractivity contribution >= 4 is 28.4 Å². The third kappa shape index (κ3) is 3.91. The van der Waals surface area contributed by atoms with E-state index in [0.29, 0.717) is 24.5 Å². The minimum atomic E-state index is -0.315. The van der Waals surface area contributed by atoms with E-state index in [4.69, 9.17) is 4.42 Å². The average molecular weight is 387 g/mol. The van der Waals surface area contributed by atoms with Crippen LogP contribution in [0.1, 0.15) is 33.5 Å². The molecule has 2 aromatic carbocycles. The van der Waals surface area contributed by atoms with E-state index < -0.39 is 0 Å². The second-order valence-corrected chi connectivity index (χ2v) is 6.65. The normalized spacial score (nSPS) is 10.8. The second kappa shape index (κ2) is 8.06. The van der Waals surface area contributed by atoms with Crippen LogP contribution in [0.3, 0.4) is 0 Å². The smallest absolute Gasteiger partial charge is 0.291 e. The van der Waals surface area contributed by atoms with Gasteiger partial charge in [0.05, 0.1) is 6.26 Å². The van der Waals surface area contributed by atoms with Gasteiger partial charge in [-0.25, -0.2) is 0 Å². The van der Waals surface area contributed by atoms with Crippen LogP contribution in [0.15, 0.2) is 77.4 Å². The van der Waals surface area contributed by atoms with Crippen molar-refractivity contribution in [1.29, 1.82) is 0 Å². The predicted molar refractivity (Wildman–Crippen MR) is 112 cm³/mol. The first-order valence-corrected chi connectivity index (χ1v) is 9.46. The van der Waals surface area contributed by atoms with E-state index in [1.165, 1.54) is 6.26 Å². The van der Waals surface area contributed by atoms with Crippen LogP contribution >= 0.6 is 0 Å². The van der Waals surface area contributed by atoms with Crippen molar-refractivity contribution in [3.05, 3.63) is 90.0 Å². The molecule has 0 aliphatic carbocycles. The third-order valence-corrected chi connectivity index (χ3v) is 4.75. The van der Waals surface area contributed by atoms with Crippen LogP contribution in [0.25, 0.3) is 10.9 Å². The Morgan fingerprint density at radius 3 is 2.52 bits per heavy atom. The zero-order valence-corrected chi connectivity index (χ0v) is 16.0. The minimum Gasteiger partial charge on any atom is -0.459 e. The number of hydrogen-bond acceptors (Lipinski definition) is 3. The van der Waals surface area contributed by atoms with Crippen LogP contribution in [-0.2, 0) is 13.1 Å². The van der Waals surface area contributed by atoms with Crippen molar-refractivity contribution in [2.45, 2.75) is 20.0 Å². The zero-order valence-electron chi connectivity index (χ0n) is 16.0. The molecule has 0 unspecified atom stereocenters. The molecular formula is C23H21N3O3. The molecule has 0 atom stereocenters. The monoisotopic (exact) mass is 387 g/mol. The van der Waals surface area contributed by atoms with Crippen LogP contribution in [0.2, 0.25) is 0 Å². The Kier molecular flexibility index (Phi) is 5.16. The summed E-state index contributed by atoms with van der Waals surface area (Å²) in [4.78, 5) is 25.0. The Hall–Kier alpha value is -3.80. The molecule has 0 radical (unpaired) electrons. The van der Waals surface area contributed by atoms with Gasteiger partial charge in [0.15, 0.2) is 5.76 Å². The number of aryl methyl sites for hydroxylation is 1. The van der Waals surface area contributed by atoms with Gasteiger partial charge in [-0.05, 0) is 48.9 Å². The molecule has 6 heteroatoms. The SMILES string of the molecule is CCn1c(C(=O)NCc2ccccc2)cc2cc(NC(=O)c3ccco3)ccc21. The molecule has 0 saturated carbocycles. The summed E-state index contributed by atoms with van der Waals surface area (Å²) in [5.41, 5.74) is 3.22. The Balaban J connectivity index is 1.56. The molecule has 2 heterocycles. The lowest BCUT2D eigenvalue weighted by atomic mass is 10.2. The van der Waals surface area contributed by atoms with E-state index in [9.17, 15) is 9.59 Å². The molecule has 0 aliphatic heterocycles. The molecule has 2 amide bonds. The van der Waals surface area contributed by atoms with Gasteiger partial charge in [0.25, 0.3) is 11.8 Å². The topological polar surface area (TPSA) is 76.3 Å². The maximum Gasteiger partial charge on any atom is 0.291 e. The van der Waals surface area contributed by atoms with Gasteiger partial charge in [0, 0.05) is 29.7 Å². The van der Waals surface area contributed by atoms with Gasteiger partial charge in [-0.1, -0.05) is 30.3 Å². The number of hydrogen-bond donors (Lipinski definition) is 2. The third-order valence-electron chi connectivity index (χ3n) is 4.75. The predicted octanol–water partition coefficient (Wildman–Crippen LogP) is 4.44. The van der Waals surface area contributed by atoms with Gasteiger partial charge in [-0.15, -0.1) is 0 Å². The van der Waals surface area contributed by atoms with Crippen molar-refractivity contribution in [2.24, 2.45) is 0 Å². The molecule has 4 rings (SSSR count). The van der Waals surface area contributed by atoms with E-state index in [2.05, 4.69) is 10.6 Å². The molecule has 146 valence electrons. The molecule has 29 heavy (non-hydrogen) atoms. The number of anilines is 1. The summed E-state index contributed by atoms with van der Waals surface area (Å²) in [7, 11) is 0. The highest BCUT2D eigenvalue weighted by atomic mass is 16.3. The number of nitrogens with one attached hydrogen (secondary N) is 2. The minimum absolute atomic E-state index is 0.131. The summed E-state index contributed by atoms with van der Waals surface area (Å²) in [5.74, 6) is -0.199. The van der Waals surface area contributed by atoms with Gasteiger partial charge in [-0.3, -0.25) is 9.59 Å². The Bertz CT molecular complexity index is 1150. The van der Waals surface area contributed by atoms with Gasteiger partial charge in [0.1, 0.15) is 5.69 Å². The summed E-state index contributed by atoms with van der Waals surface area (Å²) in [5, 5.41) is 6.67. The lowest BCUT2D eigenvalue weighted by molar-refractivity contribution is 0.0941. The summed E-state index contributed by atoms with van der Waals surface area (Å²) < 4.78 is 7.09. The Morgan fingerprint density at radius 1 is 0.966 bits per heavy atom. The number of furan rings is 1. The molecule has 4 aromatic rings. The first-order valence-electron chi connectivity index (χ1n) is 9.46. The summed E-state index contributed by atoms with van der Waals surface area (Å²) >= 11 is 0. The molecule has 2 aromatic heterocycles. The molecule has 0 saturated heterocycles. The highest BCUT2D eigenvalue weighted by molar-refractivity contribution is 6.04. The molecule has 2 N–H and O–H groups in total. The fourth-order valence-corrected chi connectivity index (χ4v) is 3.35. The lowest BCUT2D eigenvalue weighted by Gasteiger charge is -2.09. The average Bonchev–Trinajstić information content (AvgIpc) is 3.40. The first kappa shape index (κ1) is 18.6. The van der Waals surface area contributed by atoms with Crippen LogP contribution in [0.5, 0.6) is 0 Å². The first-order chi connectivity index (χ1) is 14.2. The number of carbonyl (C=O) groups excluding carboxylic acids is 2. The number of rotatable bonds is 6. The van der Waals surface area contributed by atoms with E-state index >= 15 is 0 Å². The van der Waals surface area contributed by atoms with Crippen LogP contribution < -0.4 is 10.6 Å². The molecule has 6 nitrogen and oxygen atoms in total. The van der Waals surface area contributed by atoms with Gasteiger partial charge in [-0.2, -0.15) is 0 Å². The largest absolute Gasteiger partial charge is 0.459 e. The molecule has 0 spiro atoms. The van der Waals surface area contributed by atoms with Crippen molar-refractivity contribution in [3.8, 4) is 0 Å². The number of amides is 2. The number of nitrogens with zero attached hydrogens (tertiary/aromatic N) is 1. The second-order valence-electron chi connectivity index (χ2n) is 6.65. The number of benzene rings is 2. The molecule has 0 bridgehead atoms. The van der Waals surface area contributed by atoms with Crippen molar-refractivity contribution in [3.63, 3.8) is 0 Å². The van der Waals surface area contributed by atoms with Crippen LogP contribution in [-0.4, -0.2) is 16.4 Å². The van der Waals surface area contributed by atoms with E-state index in [-0.39, 0.29) is 17.6 Å². The molecular weight excluding hydrogens is 366 g/mol. The lowest BCUT2D eigenvalue weighted by Crippen LogP contribution is -2.25. The number of carbonyl (C=O) groups is 2. The van der Waals surface area contributed by atoms with E-state index in [1.54, 1.807) is 12.1 Å². The van der Waals surface area contributed by atoms with Crippen molar-refractivity contribution in [1.82, 2.24) is 9.88 Å². The standard InChI is InChI=1S/C23H21N3O3/c1-2-26-19-11-10-18(25-23(28)21-9-6-12-29-21)13-17(19)14-20(26)22(27)24-15-16-7-4-3-5-8-16/h3-14H,2,15H2,1H3,(H,24,27)(H,25,28). The van der Waals surface area contributed by atoms with Gasteiger partial charge < -0.3 is 19.6 Å². The van der Waals surface area contributed by atoms with Crippen LogP contribution in [0, 0.1) is 0 Å². The van der Waals surface area contributed by atoms with E-state index in [0.717, 1.165) is 16.5 Å². The van der Waals surface area contributed by atoms with Crippen molar-refractivity contribution < 1.29 is 14.0 Å². The van der Waals surface area contributed by atoms with Crippen molar-refractivity contribution in [2.75, 3.05) is 5.32 Å². The zero-order chi connectivity index (χ0) is 20.2.